The van der Waals surface area contributed by atoms with E-state index in [0.717, 1.165) is 0 Å². The van der Waals surface area contributed by atoms with Gasteiger partial charge in [0.1, 0.15) is 0 Å². The van der Waals surface area contributed by atoms with E-state index in [1.807, 2.05) is 0 Å². The number of hydrogen-bond donors (Lipinski definition) is 0. The molecule has 0 unspecified atom stereocenters. The van der Waals surface area contributed by atoms with Crippen LogP contribution in [0.5, 0.6) is 0 Å². The average Bonchev–Trinajstić information content (AvgIpc) is 0.811. The Kier molecular flexibility index (Phi) is 779. The van der Waals surface area contributed by atoms with Crippen LogP contribution in [0, 0.1) is 0 Å². The van der Waals surface area contributed by atoms with Crippen LogP contribution in [0.15, 0.2) is 0 Å². The summed E-state index contributed by atoms with van der Waals surface area (Å²) < 4.78 is 0. The Hall–Kier alpha value is -0.411. The van der Waals surface area contributed by atoms with Crippen molar-refractivity contribution in [2.75, 3.05) is 0 Å². The summed E-state index contributed by atoms with van der Waals surface area (Å²) >= 11 is 0. The molecule has 10 heavy (non-hydrogen) atoms. The van der Waals surface area contributed by atoms with Crippen molar-refractivity contribution in [3.63, 3.8) is 0 Å². The second-order valence-corrected chi connectivity index (χ2v) is 0.250. The van der Waals surface area contributed by atoms with E-state index in [2.05, 4.69) is 0 Å². The van der Waals surface area contributed by atoms with Gasteiger partial charge in [-0.05, 0) is 6.16 Å². The van der Waals surface area contributed by atoms with Crippen LogP contribution < -0.4 is 10.2 Å². The van der Waals surface area contributed by atoms with Crippen LogP contribution >= 0.6 is 0 Å². The second kappa shape index (κ2) is 73.8. The fourth-order valence-corrected chi connectivity index (χ4v) is 0. The Bertz CT molecular complexity index is 32.2. The summed E-state index contributed by atoms with van der Waals surface area (Å²) in [4.78, 5) is 8.33. The topological polar surface area (TPSA) is 221 Å². The van der Waals surface area contributed by atoms with E-state index in [4.69, 9.17) is 15.0 Å². The number of carboxylic acid groups (broad SMARTS) is 2. The summed E-state index contributed by atoms with van der Waals surface area (Å²) in [5.41, 5.74) is 0. The predicted octanol–water partition coefficient (Wildman–Crippen LogP) is -6.57. The molecule has 0 heterocycles. The molecule has 0 aromatic carbocycles. The summed E-state index contributed by atoms with van der Waals surface area (Å²) in [6.07, 6.45) is -2.33. The third kappa shape index (κ3) is 1960. The first-order valence-corrected chi connectivity index (χ1v) is 0.612. The van der Waals surface area contributed by atoms with E-state index in [0.29, 0.717) is 0 Å². The standard InChI is InChI=1S/CH2O3.Cu.5H2O/c2-1(3)4;;;;;;/h(H2,2,3,4);;5*1H2/q;+2;;;;;/p-2. The first-order valence-electron chi connectivity index (χ1n) is 0.612. The molecule has 0 bridgehead atoms. The molecule has 0 spiro atoms. The van der Waals surface area contributed by atoms with Gasteiger partial charge < -0.3 is 42.4 Å². The van der Waals surface area contributed by atoms with Crippen LogP contribution in [0.3, 0.4) is 0 Å². The predicted molar refractivity (Wildman–Crippen MR) is 23.5 cm³/mol. The molecule has 0 aliphatic heterocycles. The molecule has 73 valence electrons. The van der Waals surface area contributed by atoms with Crippen LogP contribution in [-0.4, -0.2) is 33.5 Å². The van der Waals surface area contributed by atoms with E-state index < -0.39 is 6.16 Å². The Morgan fingerprint density at radius 3 is 0.800 bits per heavy atom. The molecular weight excluding hydrogens is 204 g/mol. The van der Waals surface area contributed by atoms with Gasteiger partial charge in [0.05, 0.1) is 0 Å². The smallest absolute Gasteiger partial charge is 0.652 e. The van der Waals surface area contributed by atoms with Gasteiger partial charge in [0.2, 0.25) is 0 Å². The van der Waals surface area contributed by atoms with Gasteiger partial charge in [0, 0.05) is 0 Å². The summed E-state index contributed by atoms with van der Waals surface area (Å²) in [5.74, 6) is 0. The molecule has 0 amide bonds. The maximum atomic E-state index is 8.33. The fraction of sp³-hybridized carbons (Fsp3) is 0. The van der Waals surface area contributed by atoms with Crippen LogP contribution in [0.25, 0.3) is 0 Å². The summed E-state index contributed by atoms with van der Waals surface area (Å²) in [5, 5.41) is 16.7. The van der Waals surface area contributed by atoms with Crippen molar-refractivity contribution in [2.45, 2.75) is 0 Å². The molecule has 0 saturated carbocycles. The van der Waals surface area contributed by atoms with Gasteiger partial charge in [-0.3, -0.25) is 0 Å². The molecule has 10 N–H and O–H groups in total. The van der Waals surface area contributed by atoms with E-state index in [1.165, 1.54) is 0 Å². The molecular formula is CH10CuO8. The number of carbonyl (C=O) groups is 1. The van der Waals surface area contributed by atoms with E-state index in [1.54, 1.807) is 0 Å². The molecule has 0 aromatic heterocycles. The Morgan fingerprint density at radius 1 is 0.800 bits per heavy atom. The van der Waals surface area contributed by atoms with Gasteiger partial charge in [-0.2, -0.15) is 0 Å². The maximum absolute atomic E-state index is 8.33. The van der Waals surface area contributed by atoms with Crippen LogP contribution in [0.4, 0.5) is 4.79 Å². The van der Waals surface area contributed by atoms with Crippen molar-refractivity contribution in [1.29, 1.82) is 0 Å². The molecule has 8 nitrogen and oxygen atoms in total. The number of rotatable bonds is 0. The van der Waals surface area contributed by atoms with Crippen LogP contribution in [-0.2, 0) is 17.1 Å². The molecule has 0 saturated heterocycles. The van der Waals surface area contributed by atoms with Crippen LogP contribution in [0.1, 0.15) is 0 Å². The fourth-order valence-electron chi connectivity index (χ4n) is 0. The van der Waals surface area contributed by atoms with Crippen LogP contribution in [0.2, 0.25) is 0 Å². The molecule has 0 aliphatic rings. The zero-order valence-corrected chi connectivity index (χ0v) is 5.47. The van der Waals surface area contributed by atoms with Crippen molar-refractivity contribution < 1.29 is 59.5 Å². The minimum absolute atomic E-state index is 0. The minimum Gasteiger partial charge on any atom is -0.652 e. The molecule has 0 fully saturated rings. The van der Waals surface area contributed by atoms with Crippen molar-refractivity contribution in [1.82, 2.24) is 0 Å². The van der Waals surface area contributed by atoms with Gasteiger partial charge in [-0.1, -0.05) is 0 Å². The van der Waals surface area contributed by atoms with Gasteiger partial charge in [-0.15, -0.1) is 0 Å². The van der Waals surface area contributed by atoms with E-state index in [-0.39, 0.29) is 44.4 Å². The van der Waals surface area contributed by atoms with Gasteiger partial charge in [-0.25, -0.2) is 0 Å². The summed E-state index contributed by atoms with van der Waals surface area (Å²) in [6, 6.07) is 0. The van der Waals surface area contributed by atoms with Crippen molar-refractivity contribution in [2.24, 2.45) is 0 Å². The monoisotopic (exact) mass is 213 g/mol. The van der Waals surface area contributed by atoms with Gasteiger partial charge in [0.15, 0.2) is 0 Å². The molecule has 0 atom stereocenters. The SMILES string of the molecule is O.O.O.O.O.O=C([O-])[O-].[Cu+2]. The van der Waals surface area contributed by atoms with E-state index >= 15 is 0 Å². The van der Waals surface area contributed by atoms with Gasteiger partial charge >= 0.3 is 17.1 Å². The minimum atomic E-state index is -2.33. The Labute approximate surface area is 66.5 Å². The summed E-state index contributed by atoms with van der Waals surface area (Å²) in [6.45, 7) is 0. The zero-order chi connectivity index (χ0) is 3.58. The third-order valence-electron chi connectivity index (χ3n) is 0. The Morgan fingerprint density at radius 2 is 0.800 bits per heavy atom. The molecule has 9 heteroatoms. The zero-order valence-electron chi connectivity index (χ0n) is 4.53. The van der Waals surface area contributed by atoms with Crippen molar-refractivity contribution >= 4 is 6.16 Å². The van der Waals surface area contributed by atoms with E-state index in [9.17, 15) is 0 Å². The quantitative estimate of drug-likeness (QED) is 0.358. The maximum Gasteiger partial charge on any atom is 2.00 e. The number of carbonyl (C=O) groups excluding carboxylic acids is 1. The Balaban J connectivity index is -0.00000000300. The molecule has 0 rings (SSSR count). The first-order chi connectivity index (χ1) is 1.73. The third-order valence-corrected chi connectivity index (χ3v) is 0. The van der Waals surface area contributed by atoms with Gasteiger partial charge in [0.25, 0.3) is 0 Å². The first kappa shape index (κ1) is 106. The number of hydrogen-bond acceptors (Lipinski definition) is 3. The normalized spacial score (nSPS) is 2.40. The van der Waals surface area contributed by atoms with Crippen molar-refractivity contribution in [3.05, 3.63) is 0 Å². The largest absolute Gasteiger partial charge is 2.00 e. The molecule has 0 aliphatic carbocycles. The average molecular weight is 214 g/mol. The molecule has 0 aromatic rings. The summed E-state index contributed by atoms with van der Waals surface area (Å²) in [7, 11) is 0. The second-order valence-electron chi connectivity index (χ2n) is 0.250. The van der Waals surface area contributed by atoms with Crippen molar-refractivity contribution in [3.8, 4) is 0 Å². The molecule has 1 radical (unpaired) electrons.